The first-order chi connectivity index (χ1) is 46.6. The van der Waals surface area contributed by atoms with Gasteiger partial charge in [-0.25, -0.2) is 38.7 Å². The highest BCUT2D eigenvalue weighted by Crippen LogP contribution is 2.38. The van der Waals surface area contributed by atoms with Crippen molar-refractivity contribution in [1.29, 1.82) is 0 Å². The van der Waals surface area contributed by atoms with E-state index in [4.69, 9.17) is 4.74 Å². The zero-order valence-corrected chi connectivity index (χ0v) is 52.2. The van der Waals surface area contributed by atoms with Crippen molar-refractivity contribution >= 4 is 67.5 Å². The Labute approximate surface area is 555 Å². The summed E-state index contributed by atoms with van der Waals surface area (Å²) in [6, 6.07) is 24.2. The zero-order valence-electron chi connectivity index (χ0n) is 52.2. The van der Waals surface area contributed by atoms with Crippen molar-refractivity contribution in [1.82, 2.24) is 54.0 Å². The number of rotatable bonds is 6. The number of carbonyl (C=O) groups is 3. The van der Waals surface area contributed by atoms with Crippen molar-refractivity contribution < 1.29 is 67.4 Å². The van der Waals surface area contributed by atoms with E-state index in [9.17, 15) is 53.9 Å². The van der Waals surface area contributed by atoms with Gasteiger partial charge in [0.1, 0.15) is 29.6 Å². The molecule has 3 amide bonds. The van der Waals surface area contributed by atoms with Crippen LogP contribution in [0.5, 0.6) is 5.75 Å². The number of carbonyl (C=O) groups excluding carboxylic acids is 3. The summed E-state index contributed by atoms with van der Waals surface area (Å²) in [5.41, 5.74) is 5.52. The summed E-state index contributed by atoms with van der Waals surface area (Å²) in [5.74, 6) is -0.830. The summed E-state index contributed by atoms with van der Waals surface area (Å²) >= 11 is 0. The van der Waals surface area contributed by atoms with Crippen LogP contribution < -0.4 is 19.4 Å². The van der Waals surface area contributed by atoms with E-state index in [1.165, 1.54) is 75.7 Å². The summed E-state index contributed by atoms with van der Waals surface area (Å²) < 4.78 is 157. The monoisotopic (exact) mass is 1360 g/mol. The topological polar surface area (TPSA) is 188 Å². The molecule has 0 bridgehead atoms. The number of halogens is 11. The molecule has 15 rings (SSSR count). The molecule has 18 nitrogen and oxygen atoms in total. The van der Waals surface area contributed by atoms with E-state index in [0.717, 1.165) is 58.8 Å². The Morgan fingerprint density at radius 2 is 0.929 bits per heavy atom. The fourth-order valence-electron chi connectivity index (χ4n) is 11.9. The highest BCUT2D eigenvalue weighted by atomic mass is 19.4. The van der Waals surface area contributed by atoms with Crippen LogP contribution in [0.25, 0.3) is 66.9 Å². The molecule has 0 unspecified atom stereocenters. The van der Waals surface area contributed by atoms with Gasteiger partial charge in [-0.1, -0.05) is 7.43 Å². The Bertz CT molecular complexity index is 5220. The number of aromatic nitrogens is 11. The molecule has 0 aliphatic carbocycles. The molecule has 0 radical (unpaired) electrons. The van der Waals surface area contributed by atoms with Gasteiger partial charge in [0.25, 0.3) is 17.7 Å². The number of hydrogen-bond donors (Lipinski definition) is 0. The third-order valence-electron chi connectivity index (χ3n) is 16.9. The average molecular weight is 1370 g/mol. The van der Waals surface area contributed by atoms with Crippen molar-refractivity contribution in [3.8, 4) is 39.9 Å². The van der Waals surface area contributed by atoms with Crippen LogP contribution in [0.15, 0.2) is 146 Å². The Hall–Kier alpha value is -11.5. The maximum absolute atomic E-state index is 15.2. The average Bonchev–Trinajstić information content (AvgIpc) is 1.76. The molecule has 12 aromatic rings. The van der Waals surface area contributed by atoms with Crippen molar-refractivity contribution in [2.75, 3.05) is 40.9 Å². The van der Waals surface area contributed by atoms with E-state index in [0.29, 0.717) is 106 Å². The van der Waals surface area contributed by atoms with Gasteiger partial charge in [0.15, 0.2) is 28.9 Å². The zero-order chi connectivity index (χ0) is 69.4. The maximum atomic E-state index is 15.2. The first-order valence-corrected chi connectivity index (χ1v) is 30.1. The molecular formula is C70H55F11N14O4. The maximum Gasteiger partial charge on any atom is 0.416 e. The third-order valence-corrected chi connectivity index (χ3v) is 16.9. The minimum Gasteiger partial charge on any atom is -0.488 e. The van der Waals surface area contributed by atoms with Crippen LogP contribution in [-0.4, -0.2) is 98.0 Å². The lowest BCUT2D eigenvalue weighted by molar-refractivity contribution is -0.138. The van der Waals surface area contributed by atoms with Crippen LogP contribution in [0.1, 0.15) is 77.8 Å². The van der Waals surface area contributed by atoms with Gasteiger partial charge in [0, 0.05) is 95.6 Å². The SMILES string of the molecule is C.Cc1cc(-c2ncc3cc(C(F)(F)F)ccc3n2)ccc1N1CCOc2cnn(C)c2C1=O.Cc1cc(N2CCn3ncc(C)c3C2=O)c(F)cc1-c1ncc2cc(C(F)(F)F)ccc2n1.Cc1ccn2c1C(=O)N(c1ccc(-c3ncc4cc(C(F)(F)F)ccc4n3)cc1F)CC2. The Morgan fingerprint density at radius 3 is 1.49 bits per heavy atom. The van der Waals surface area contributed by atoms with Crippen LogP contribution in [0, 0.1) is 39.3 Å². The Kier molecular flexibility index (Phi) is 17.6. The quantitative estimate of drug-likeness (QED) is 0.144. The lowest BCUT2D eigenvalue weighted by Gasteiger charge is -2.29. The molecule has 0 saturated heterocycles. The standard InChI is InChI=1S/C23H17F4N5O.C23H16F4N4O.C23H18F3N5O2.CH4/c1-12-7-19(31-5-6-32-20(22(31)33)13(2)10-29-32)17(24)9-16(12)21-28-11-14-8-15(23(25,26)27)3-4-18(14)30-21;1-13-6-7-30-8-9-31(22(32)20(13)30)19-5-2-14(11-17(19)24)21-28-12-15-10-16(23(25,26)27)3-4-18(15)29-21;1-13-9-14(21-27-11-15-10-16(23(24,25)26)4-5-17(15)29-21)3-6-18(13)31-7-8-33-19-12-28-30(2)20(19)22(31)32;/h3-4,7-11H,5-6H2,1-2H3;2-7,10-12H,8-9H2,1H3;3-6,9-12H,7-8H2,1-2H3;1H4. The van der Waals surface area contributed by atoms with E-state index < -0.39 is 46.9 Å². The van der Waals surface area contributed by atoms with E-state index in [2.05, 4.69) is 40.1 Å². The predicted octanol–water partition coefficient (Wildman–Crippen LogP) is 15.2. The molecule has 9 heterocycles. The highest BCUT2D eigenvalue weighted by Gasteiger charge is 2.36. The van der Waals surface area contributed by atoms with Crippen LogP contribution in [-0.2, 0) is 38.7 Å². The van der Waals surface area contributed by atoms with E-state index in [-0.39, 0.29) is 65.5 Å². The molecule has 6 aromatic carbocycles. The lowest BCUT2D eigenvalue weighted by atomic mass is 10.0. The first-order valence-electron chi connectivity index (χ1n) is 30.1. The second kappa shape index (κ2) is 25.8. The van der Waals surface area contributed by atoms with Gasteiger partial charge in [-0.2, -0.15) is 49.7 Å². The molecule has 0 spiro atoms. The van der Waals surface area contributed by atoms with E-state index >= 15 is 8.78 Å². The van der Waals surface area contributed by atoms with Crippen LogP contribution in [0.4, 0.5) is 65.4 Å². The minimum absolute atomic E-state index is 0. The number of anilines is 3. The molecule has 0 fully saturated rings. The highest BCUT2D eigenvalue weighted by molar-refractivity contribution is 6.09. The Morgan fingerprint density at radius 1 is 0.434 bits per heavy atom. The summed E-state index contributed by atoms with van der Waals surface area (Å²) in [6.45, 7) is 9.55. The molecule has 0 saturated carbocycles. The fourth-order valence-corrected chi connectivity index (χ4v) is 11.9. The molecule has 0 atom stereocenters. The molecule has 6 aromatic heterocycles. The van der Waals surface area contributed by atoms with Gasteiger partial charge in [-0.05, 0) is 154 Å². The molecule has 0 N–H and O–H groups in total. The second-order valence-corrected chi connectivity index (χ2v) is 23.3. The summed E-state index contributed by atoms with van der Waals surface area (Å²) in [7, 11) is 1.69. The van der Waals surface area contributed by atoms with Crippen LogP contribution in [0.3, 0.4) is 0 Å². The summed E-state index contributed by atoms with van der Waals surface area (Å²) in [5, 5.41) is 9.05. The largest absolute Gasteiger partial charge is 0.488 e. The van der Waals surface area contributed by atoms with Crippen molar-refractivity contribution in [2.24, 2.45) is 7.05 Å². The fraction of sp³-hybridized carbons (Fsp3) is 0.214. The molecule has 3 aliphatic heterocycles. The van der Waals surface area contributed by atoms with E-state index in [1.54, 1.807) is 54.9 Å². The molecule has 29 heteroatoms. The predicted molar refractivity (Wildman–Crippen MR) is 346 cm³/mol. The van der Waals surface area contributed by atoms with Gasteiger partial charge in [-0.3, -0.25) is 23.7 Å². The smallest absolute Gasteiger partial charge is 0.416 e. The number of nitrogens with zero attached hydrogens (tertiary/aromatic N) is 14. The normalized spacial score (nSPS) is 14.0. The van der Waals surface area contributed by atoms with Gasteiger partial charge in [0.2, 0.25) is 0 Å². The van der Waals surface area contributed by atoms with E-state index in [1.807, 2.05) is 42.8 Å². The first kappa shape index (κ1) is 67.5. The lowest BCUT2D eigenvalue weighted by Crippen LogP contribution is -2.41. The number of benzene rings is 6. The number of fused-ring (bicyclic) bond motifs is 6. The molecular weight excluding hydrogens is 1310 g/mol. The van der Waals surface area contributed by atoms with Crippen LogP contribution in [0.2, 0.25) is 0 Å². The van der Waals surface area contributed by atoms with Crippen molar-refractivity contribution in [3.63, 3.8) is 0 Å². The minimum atomic E-state index is -4.47. The number of ether oxygens (including phenoxy) is 1. The summed E-state index contributed by atoms with van der Waals surface area (Å²) in [4.78, 5) is 69.0. The van der Waals surface area contributed by atoms with Gasteiger partial charge in [-0.15, -0.1) is 0 Å². The number of amides is 3. The second-order valence-electron chi connectivity index (χ2n) is 23.3. The number of hydrogen-bond acceptors (Lipinski definition) is 12. The van der Waals surface area contributed by atoms with Gasteiger partial charge in [0.05, 0.1) is 70.1 Å². The number of aryl methyl sites for hydroxylation is 5. The molecule has 3 aliphatic rings. The number of alkyl halides is 9. The van der Waals surface area contributed by atoms with Gasteiger partial charge >= 0.3 is 18.5 Å². The molecule has 506 valence electrons. The van der Waals surface area contributed by atoms with Crippen molar-refractivity contribution in [3.05, 3.63) is 214 Å². The van der Waals surface area contributed by atoms with Crippen LogP contribution >= 0.6 is 0 Å². The van der Waals surface area contributed by atoms with Gasteiger partial charge < -0.3 is 24.0 Å². The molecule has 99 heavy (non-hydrogen) atoms. The van der Waals surface area contributed by atoms with Crippen molar-refractivity contribution in [2.45, 2.75) is 66.7 Å². The summed E-state index contributed by atoms with van der Waals surface area (Å²) in [6.07, 6.45) is -4.42. The third kappa shape index (κ3) is 13.0. The Balaban J connectivity index is 0.000000140.